The second-order valence-electron chi connectivity index (χ2n) is 4.62. The van der Waals surface area contributed by atoms with Crippen LogP contribution in [0.2, 0.25) is 0 Å². The molecule has 0 saturated carbocycles. The van der Waals surface area contributed by atoms with Gasteiger partial charge in [-0.1, -0.05) is 13.8 Å². The van der Waals surface area contributed by atoms with E-state index in [0.29, 0.717) is 11.8 Å². The number of amides is 1. The van der Waals surface area contributed by atoms with Crippen molar-refractivity contribution in [2.24, 2.45) is 0 Å². The molecule has 0 aromatic carbocycles. The van der Waals surface area contributed by atoms with Gasteiger partial charge in [-0.05, 0) is 6.92 Å². The molecule has 0 unspecified atom stereocenters. The third kappa shape index (κ3) is 3.08. The molecule has 0 spiro atoms. The zero-order valence-electron chi connectivity index (χ0n) is 11.4. The van der Waals surface area contributed by atoms with Gasteiger partial charge in [-0.25, -0.2) is 4.98 Å². The summed E-state index contributed by atoms with van der Waals surface area (Å²) in [5, 5.41) is 10.5. The zero-order chi connectivity index (χ0) is 14.7. The molecule has 1 atom stereocenters. The second-order valence-corrected chi connectivity index (χ2v) is 4.62. The number of nitrogens with one attached hydrogen (secondary N) is 2. The van der Waals surface area contributed by atoms with Crippen molar-refractivity contribution in [2.45, 2.75) is 32.7 Å². The van der Waals surface area contributed by atoms with E-state index in [9.17, 15) is 9.59 Å². The highest BCUT2D eigenvalue weighted by atomic mass is 16.4. The van der Waals surface area contributed by atoms with Crippen molar-refractivity contribution in [1.29, 1.82) is 0 Å². The van der Waals surface area contributed by atoms with E-state index in [2.05, 4.69) is 25.5 Å². The van der Waals surface area contributed by atoms with Crippen LogP contribution in [0.5, 0.6) is 0 Å². The third-order valence-corrected chi connectivity index (χ3v) is 2.57. The molecule has 1 amide bonds. The van der Waals surface area contributed by atoms with Gasteiger partial charge in [-0.3, -0.25) is 9.59 Å². The van der Waals surface area contributed by atoms with Crippen molar-refractivity contribution in [3.8, 4) is 0 Å². The molecule has 2 heterocycles. The summed E-state index contributed by atoms with van der Waals surface area (Å²) in [4.78, 5) is 28.9. The van der Waals surface area contributed by atoms with Crippen LogP contribution in [0.25, 0.3) is 0 Å². The minimum atomic E-state index is -0.448. The predicted molar refractivity (Wildman–Crippen MR) is 69.1 cm³/mol. The van der Waals surface area contributed by atoms with Crippen LogP contribution >= 0.6 is 0 Å². The molecule has 0 radical (unpaired) electrons. The maximum Gasteiger partial charge on any atom is 0.272 e. The van der Waals surface area contributed by atoms with E-state index in [1.54, 1.807) is 6.92 Å². The highest BCUT2D eigenvalue weighted by molar-refractivity contribution is 5.92. The van der Waals surface area contributed by atoms with Crippen molar-refractivity contribution in [2.75, 3.05) is 0 Å². The maximum absolute atomic E-state index is 11.9. The summed E-state index contributed by atoms with van der Waals surface area (Å²) < 4.78 is 5.45. The smallest absolute Gasteiger partial charge is 0.272 e. The molecule has 8 heteroatoms. The lowest BCUT2D eigenvalue weighted by Crippen LogP contribution is -2.28. The molecule has 106 valence electrons. The van der Waals surface area contributed by atoms with Crippen LogP contribution in [-0.2, 0) is 0 Å². The number of nitrogens with zero attached hydrogens (tertiary/aromatic N) is 3. The van der Waals surface area contributed by atoms with Crippen molar-refractivity contribution in [3.05, 3.63) is 40.2 Å². The number of hydrogen-bond acceptors (Lipinski definition) is 6. The first-order valence-corrected chi connectivity index (χ1v) is 6.16. The average Bonchev–Trinajstić information content (AvgIpc) is 2.89. The Morgan fingerprint density at radius 3 is 2.55 bits per heavy atom. The van der Waals surface area contributed by atoms with Crippen molar-refractivity contribution < 1.29 is 9.21 Å². The van der Waals surface area contributed by atoms with E-state index in [0.717, 1.165) is 6.20 Å². The first kappa shape index (κ1) is 13.9. The molecule has 20 heavy (non-hydrogen) atoms. The standard InChI is InChI=1S/C12H15N5O3/c1-6(2)11-16-17-12(20-11)7(3)15-10(19)8-4-14-9(18)5-13-8/h4-7H,1-3H3,(H,14,18)(H,15,19)/t7-/m1/s1. The number of aromatic amines is 1. The molecule has 2 aromatic heterocycles. The van der Waals surface area contributed by atoms with Gasteiger partial charge in [-0.2, -0.15) is 0 Å². The minimum absolute atomic E-state index is 0.111. The molecule has 0 aliphatic carbocycles. The van der Waals surface area contributed by atoms with Crippen LogP contribution in [0.1, 0.15) is 55.0 Å². The number of rotatable bonds is 4. The topological polar surface area (TPSA) is 114 Å². The summed E-state index contributed by atoms with van der Waals surface area (Å²) in [6.07, 6.45) is 2.29. The van der Waals surface area contributed by atoms with Crippen molar-refractivity contribution in [1.82, 2.24) is 25.5 Å². The number of H-pyrrole nitrogens is 1. The summed E-state index contributed by atoms with van der Waals surface area (Å²) in [5.74, 6) is 0.535. The Labute approximate surface area is 114 Å². The molecular formula is C12H15N5O3. The van der Waals surface area contributed by atoms with Gasteiger partial charge in [0, 0.05) is 12.1 Å². The van der Waals surface area contributed by atoms with Crippen LogP contribution in [-0.4, -0.2) is 26.1 Å². The minimum Gasteiger partial charge on any atom is -0.423 e. The first-order valence-electron chi connectivity index (χ1n) is 6.16. The van der Waals surface area contributed by atoms with E-state index in [4.69, 9.17) is 4.42 Å². The fourth-order valence-electron chi connectivity index (χ4n) is 1.45. The Bertz CT molecular complexity index is 641. The monoisotopic (exact) mass is 277 g/mol. The molecule has 8 nitrogen and oxygen atoms in total. The lowest BCUT2D eigenvalue weighted by atomic mass is 10.2. The zero-order valence-corrected chi connectivity index (χ0v) is 11.4. The summed E-state index contributed by atoms with van der Waals surface area (Å²) >= 11 is 0. The molecular weight excluding hydrogens is 262 g/mol. The number of hydrogen-bond donors (Lipinski definition) is 2. The normalized spacial score (nSPS) is 12.4. The van der Waals surface area contributed by atoms with Gasteiger partial charge in [0.25, 0.3) is 11.5 Å². The molecule has 2 N–H and O–H groups in total. The van der Waals surface area contributed by atoms with Crippen molar-refractivity contribution >= 4 is 5.91 Å². The number of carbonyl (C=O) groups excluding carboxylic acids is 1. The van der Waals surface area contributed by atoms with E-state index < -0.39 is 11.9 Å². The van der Waals surface area contributed by atoms with Crippen LogP contribution in [0, 0.1) is 0 Å². The van der Waals surface area contributed by atoms with E-state index in [-0.39, 0.29) is 17.2 Å². The summed E-state index contributed by atoms with van der Waals surface area (Å²) in [6, 6.07) is -0.448. The lowest BCUT2D eigenvalue weighted by molar-refractivity contribution is 0.0928. The third-order valence-electron chi connectivity index (χ3n) is 2.57. The molecule has 0 aliphatic rings. The SMILES string of the molecule is CC(C)c1nnc([C@@H](C)NC(=O)c2c[nH]c(=O)cn2)o1. The van der Waals surface area contributed by atoms with Gasteiger partial charge in [0.15, 0.2) is 0 Å². The quantitative estimate of drug-likeness (QED) is 0.853. The summed E-state index contributed by atoms with van der Waals surface area (Å²) in [7, 11) is 0. The maximum atomic E-state index is 11.9. The highest BCUT2D eigenvalue weighted by Crippen LogP contribution is 2.16. The van der Waals surface area contributed by atoms with Crippen LogP contribution in [0.4, 0.5) is 0 Å². The summed E-state index contributed by atoms with van der Waals surface area (Å²) in [6.45, 7) is 5.59. The molecule has 2 aromatic rings. The van der Waals surface area contributed by atoms with E-state index in [1.165, 1.54) is 6.20 Å². The van der Waals surface area contributed by atoms with Gasteiger partial charge in [0.05, 0.1) is 6.20 Å². The Kier molecular flexibility index (Phi) is 3.92. The van der Waals surface area contributed by atoms with Crippen LogP contribution in [0.3, 0.4) is 0 Å². The van der Waals surface area contributed by atoms with Gasteiger partial charge < -0.3 is 14.7 Å². The molecule has 2 rings (SSSR count). The first-order chi connectivity index (χ1) is 9.47. The Morgan fingerprint density at radius 1 is 1.30 bits per heavy atom. The van der Waals surface area contributed by atoms with Gasteiger partial charge in [0.1, 0.15) is 11.7 Å². The van der Waals surface area contributed by atoms with Crippen molar-refractivity contribution in [3.63, 3.8) is 0 Å². The molecule has 0 saturated heterocycles. The largest absolute Gasteiger partial charge is 0.423 e. The Hall–Kier alpha value is -2.51. The Balaban J connectivity index is 2.06. The fourth-order valence-corrected chi connectivity index (χ4v) is 1.45. The van der Waals surface area contributed by atoms with Crippen LogP contribution in [0.15, 0.2) is 21.6 Å². The Morgan fingerprint density at radius 2 is 2.00 bits per heavy atom. The number of aromatic nitrogens is 4. The number of carbonyl (C=O) groups is 1. The lowest BCUT2D eigenvalue weighted by Gasteiger charge is -2.09. The van der Waals surface area contributed by atoms with Crippen LogP contribution < -0.4 is 10.9 Å². The van der Waals surface area contributed by atoms with E-state index >= 15 is 0 Å². The van der Waals surface area contributed by atoms with Gasteiger partial charge in [0.2, 0.25) is 11.8 Å². The highest BCUT2D eigenvalue weighted by Gasteiger charge is 2.18. The van der Waals surface area contributed by atoms with E-state index in [1.807, 2.05) is 13.8 Å². The fraction of sp³-hybridized carbons (Fsp3) is 0.417. The van der Waals surface area contributed by atoms with Gasteiger partial charge in [-0.15, -0.1) is 10.2 Å². The molecule has 0 aliphatic heterocycles. The average molecular weight is 277 g/mol. The second kappa shape index (κ2) is 5.64. The molecule has 0 bridgehead atoms. The summed E-state index contributed by atoms with van der Waals surface area (Å²) in [5.41, 5.74) is -0.256. The predicted octanol–water partition coefficient (Wildman–Crippen LogP) is 0.767. The van der Waals surface area contributed by atoms with Gasteiger partial charge >= 0.3 is 0 Å². The molecule has 0 fully saturated rings.